The van der Waals surface area contributed by atoms with Gasteiger partial charge in [-0.1, -0.05) is 11.6 Å². The van der Waals surface area contributed by atoms with Gasteiger partial charge >= 0.3 is 0 Å². The van der Waals surface area contributed by atoms with Gasteiger partial charge in [-0.05, 0) is 49.2 Å². The van der Waals surface area contributed by atoms with Crippen LogP contribution in [0.5, 0.6) is 0 Å². The molecule has 196 valence electrons. The smallest absolute Gasteiger partial charge is 0.253 e. The quantitative estimate of drug-likeness (QED) is 0.489. The van der Waals surface area contributed by atoms with E-state index in [2.05, 4.69) is 4.72 Å². The lowest BCUT2D eigenvalue weighted by atomic mass is 10.1. The Labute approximate surface area is 218 Å². The van der Waals surface area contributed by atoms with Crippen molar-refractivity contribution in [2.24, 2.45) is 0 Å². The minimum absolute atomic E-state index is 0.00885. The highest BCUT2D eigenvalue weighted by Gasteiger charge is 2.36. The first-order valence-corrected chi connectivity index (χ1v) is 15.5. The zero-order valence-corrected chi connectivity index (χ0v) is 22.9. The molecule has 2 aromatic rings. The van der Waals surface area contributed by atoms with Crippen molar-refractivity contribution in [3.8, 4) is 0 Å². The number of sulfone groups is 1. The van der Waals surface area contributed by atoms with E-state index in [9.17, 15) is 30.8 Å². The molecule has 1 aromatic carbocycles. The lowest BCUT2D eigenvalue weighted by molar-refractivity contribution is -0.118. The zero-order chi connectivity index (χ0) is 26.8. The third-order valence-corrected chi connectivity index (χ3v) is 9.00. The summed E-state index contributed by atoms with van der Waals surface area (Å²) in [5, 5.41) is 1.02. The predicted octanol–water partition coefficient (Wildman–Crippen LogP) is 2.74. The highest BCUT2D eigenvalue weighted by molar-refractivity contribution is 7.92. The molecule has 0 bridgehead atoms. The maximum Gasteiger partial charge on any atom is 0.253 e. The molecule has 1 fully saturated rings. The number of allylic oxidation sites excluding steroid dienone is 1. The molecule has 14 heteroatoms. The molecule has 36 heavy (non-hydrogen) atoms. The Bertz CT molecular complexity index is 1420. The summed E-state index contributed by atoms with van der Waals surface area (Å²) in [4.78, 5) is 28.3. The Morgan fingerprint density at radius 1 is 1.28 bits per heavy atom. The Hall–Kier alpha value is -2.32. The standard InChI is InChI=1S/C22H25ClFN3O6S3/c1-14(19-6-7-20(23)34-19)13-36(32,33)25-17-8-9-27(22(17)29)18-5-4-15(12-16(18)24)21(28)26(2)10-11-35(3,30)31/h4-7,12-13,17,25H,8-11H2,1-3H3/b14-13-. The van der Waals surface area contributed by atoms with Crippen LogP contribution >= 0.6 is 22.9 Å². The first-order valence-electron chi connectivity index (χ1n) is 10.7. The molecule has 0 radical (unpaired) electrons. The molecule has 2 heterocycles. The average molecular weight is 578 g/mol. The second kappa shape index (κ2) is 11.0. The maximum absolute atomic E-state index is 14.9. The van der Waals surface area contributed by atoms with Gasteiger partial charge in [0.15, 0.2) is 0 Å². The van der Waals surface area contributed by atoms with Crippen molar-refractivity contribution in [2.75, 3.05) is 37.0 Å². The van der Waals surface area contributed by atoms with Gasteiger partial charge in [-0.2, -0.15) is 4.72 Å². The van der Waals surface area contributed by atoms with E-state index in [1.54, 1.807) is 19.1 Å². The van der Waals surface area contributed by atoms with Crippen LogP contribution in [0.1, 0.15) is 28.6 Å². The van der Waals surface area contributed by atoms with Crippen molar-refractivity contribution in [2.45, 2.75) is 19.4 Å². The van der Waals surface area contributed by atoms with Gasteiger partial charge in [0.2, 0.25) is 15.9 Å². The van der Waals surface area contributed by atoms with Crippen LogP contribution in [0, 0.1) is 5.82 Å². The SMILES string of the molecule is C/C(=C/S(=O)(=O)NC1CCN(c2ccc(C(=O)N(C)CCS(C)(=O)=O)cc2F)C1=O)c1ccc(Cl)s1. The average Bonchev–Trinajstić information content (AvgIpc) is 3.36. The highest BCUT2D eigenvalue weighted by atomic mass is 35.5. The minimum Gasteiger partial charge on any atom is -0.341 e. The molecule has 3 rings (SSSR count). The van der Waals surface area contributed by atoms with Gasteiger partial charge in [-0.15, -0.1) is 11.3 Å². The van der Waals surface area contributed by atoms with Gasteiger partial charge in [-0.3, -0.25) is 9.59 Å². The number of hydrogen-bond acceptors (Lipinski definition) is 7. The normalized spacial score (nSPS) is 17.0. The van der Waals surface area contributed by atoms with Crippen LogP contribution in [-0.2, 0) is 24.7 Å². The molecule has 0 saturated carbocycles. The summed E-state index contributed by atoms with van der Waals surface area (Å²) in [5.74, 6) is -2.26. The Balaban J connectivity index is 1.70. The highest BCUT2D eigenvalue weighted by Crippen LogP contribution is 2.29. The number of halogens is 2. The van der Waals surface area contributed by atoms with E-state index in [1.807, 2.05) is 0 Å². The number of amides is 2. The summed E-state index contributed by atoms with van der Waals surface area (Å²) >= 11 is 7.12. The molecule has 0 aliphatic carbocycles. The maximum atomic E-state index is 14.9. The number of nitrogens with zero attached hydrogens (tertiary/aromatic N) is 2. The van der Waals surface area contributed by atoms with E-state index in [-0.39, 0.29) is 36.5 Å². The second-order valence-electron chi connectivity index (χ2n) is 8.42. The first-order chi connectivity index (χ1) is 16.7. The molecule has 1 saturated heterocycles. The lowest BCUT2D eigenvalue weighted by Crippen LogP contribution is -2.41. The van der Waals surface area contributed by atoms with Gasteiger partial charge in [0, 0.05) is 36.8 Å². The molecule has 1 N–H and O–H groups in total. The third-order valence-electron chi connectivity index (χ3n) is 5.44. The lowest BCUT2D eigenvalue weighted by Gasteiger charge is -2.20. The van der Waals surface area contributed by atoms with Crippen molar-refractivity contribution in [3.63, 3.8) is 0 Å². The second-order valence-corrected chi connectivity index (χ2v) is 14.0. The summed E-state index contributed by atoms with van der Waals surface area (Å²) in [5.41, 5.74) is 0.358. The molecule has 2 amide bonds. The number of hydrogen-bond donors (Lipinski definition) is 1. The zero-order valence-electron chi connectivity index (χ0n) is 19.7. The fourth-order valence-corrected chi connectivity index (χ4v) is 6.53. The van der Waals surface area contributed by atoms with Crippen LogP contribution in [0.2, 0.25) is 4.34 Å². The van der Waals surface area contributed by atoms with Crippen molar-refractivity contribution < 1.29 is 30.8 Å². The van der Waals surface area contributed by atoms with Gasteiger partial charge in [0.05, 0.1) is 21.2 Å². The molecule has 1 unspecified atom stereocenters. The largest absolute Gasteiger partial charge is 0.341 e. The molecular formula is C22H25ClFN3O6S3. The summed E-state index contributed by atoms with van der Waals surface area (Å²) < 4.78 is 65.6. The topological polar surface area (TPSA) is 121 Å². The molecule has 0 spiro atoms. The Morgan fingerprint density at radius 2 is 1.97 bits per heavy atom. The van der Waals surface area contributed by atoms with Crippen LogP contribution < -0.4 is 9.62 Å². The van der Waals surface area contributed by atoms with Gasteiger partial charge in [0.1, 0.15) is 21.7 Å². The van der Waals surface area contributed by atoms with E-state index >= 15 is 0 Å². The summed E-state index contributed by atoms with van der Waals surface area (Å²) in [6, 6.07) is 5.84. The number of thiophene rings is 1. The Kier molecular flexibility index (Phi) is 8.61. The summed E-state index contributed by atoms with van der Waals surface area (Å²) in [6.07, 6.45) is 1.18. The van der Waals surface area contributed by atoms with E-state index in [0.717, 1.165) is 22.6 Å². The van der Waals surface area contributed by atoms with Crippen LogP contribution in [0.4, 0.5) is 10.1 Å². The van der Waals surface area contributed by atoms with Crippen LogP contribution in [0.3, 0.4) is 0 Å². The molecule has 1 atom stereocenters. The van der Waals surface area contributed by atoms with E-state index in [4.69, 9.17) is 11.6 Å². The van der Waals surface area contributed by atoms with Crippen LogP contribution in [0.25, 0.3) is 5.57 Å². The molecular weight excluding hydrogens is 553 g/mol. The van der Waals surface area contributed by atoms with Crippen LogP contribution in [-0.4, -0.2) is 71.7 Å². The van der Waals surface area contributed by atoms with E-state index in [0.29, 0.717) is 14.8 Å². The fourth-order valence-electron chi connectivity index (χ4n) is 3.56. The molecule has 1 aliphatic rings. The van der Waals surface area contributed by atoms with Gasteiger partial charge in [-0.25, -0.2) is 21.2 Å². The van der Waals surface area contributed by atoms with Gasteiger partial charge < -0.3 is 9.80 Å². The fraction of sp³-hybridized carbons (Fsp3) is 0.364. The molecule has 9 nitrogen and oxygen atoms in total. The first kappa shape index (κ1) is 28.3. The summed E-state index contributed by atoms with van der Waals surface area (Å²) in [7, 11) is -5.85. The number of sulfonamides is 1. The minimum atomic E-state index is -3.98. The van der Waals surface area contributed by atoms with Crippen molar-refractivity contribution in [1.29, 1.82) is 0 Å². The number of benzene rings is 1. The molecule has 1 aromatic heterocycles. The summed E-state index contributed by atoms with van der Waals surface area (Å²) in [6.45, 7) is 1.63. The Morgan fingerprint density at radius 3 is 2.56 bits per heavy atom. The third kappa shape index (κ3) is 7.13. The van der Waals surface area contributed by atoms with E-state index in [1.165, 1.54) is 35.4 Å². The van der Waals surface area contributed by atoms with Crippen molar-refractivity contribution in [1.82, 2.24) is 9.62 Å². The number of carbonyl (C=O) groups is 2. The monoisotopic (exact) mass is 577 g/mol. The van der Waals surface area contributed by atoms with Crippen molar-refractivity contribution in [3.05, 3.63) is 56.3 Å². The van der Waals surface area contributed by atoms with Crippen LogP contribution in [0.15, 0.2) is 35.7 Å². The predicted molar refractivity (Wildman–Crippen MR) is 139 cm³/mol. The van der Waals surface area contributed by atoms with Gasteiger partial charge in [0.25, 0.3) is 5.91 Å². The number of nitrogens with one attached hydrogen (secondary N) is 1. The number of rotatable bonds is 9. The molecule has 1 aliphatic heterocycles. The van der Waals surface area contributed by atoms with Crippen molar-refractivity contribution >= 4 is 65.9 Å². The number of carbonyl (C=O) groups excluding carboxylic acids is 2. The van der Waals surface area contributed by atoms with E-state index < -0.39 is 43.5 Å². The number of anilines is 1.